The molecule has 0 saturated heterocycles. The lowest BCUT2D eigenvalue weighted by Crippen LogP contribution is -2.14. The highest BCUT2D eigenvalue weighted by molar-refractivity contribution is 7.90. The number of aromatic amines is 1. The molecule has 0 aliphatic rings. The van der Waals surface area contributed by atoms with Gasteiger partial charge in [0.1, 0.15) is 0 Å². The van der Waals surface area contributed by atoms with Gasteiger partial charge in [-0.05, 0) is 35.4 Å². The normalized spacial score (nSPS) is 11.7. The minimum Gasteiger partial charge on any atom is -0.288 e. The number of rotatable bonds is 5. The third-order valence-electron chi connectivity index (χ3n) is 3.47. The third kappa shape index (κ3) is 3.52. The molecule has 0 unspecified atom stereocenters. The van der Waals surface area contributed by atoms with Crippen LogP contribution in [0.5, 0.6) is 0 Å². The van der Waals surface area contributed by atoms with Crippen LogP contribution in [-0.2, 0) is 14.8 Å². The van der Waals surface area contributed by atoms with E-state index in [4.69, 9.17) is 5.21 Å². The van der Waals surface area contributed by atoms with Gasteiger partial charge >= 0.3 is 0 Å². The number of nitrogens with zero attached hydrogens (tertiary/aromatic N) is 2. The fourth-order valence-electron chi connectivity index (χ4n) is 2.22. The molecule has 0 radical (unpaired) electrons. The van der Waals surface area contributed by atoms with Gasteiger partial charge in [-0.15, -0.1) is 0 Å². The lowest BCUT2D eigenvalue weighted by molar-refractivity contribution is -0.124. The molecule has 8 nitrogen and oxygen atoms in total. The standard InChI is InChI=1S/C16H14N4O4S/c21-16(19-22)5-4-12-6-7-20(11-12)25(23,24)15-3-1-2-13(8-15)14-9-17-18-10-14/h1-11,22H,(H,17,18)(H,19,21)/b5-4+. The first-order valence-electron chi connectivity index (χ1n) is 7.15. The average molecular weight is 358 g/mol. The van der Waals surface area contributed by atoms with Crippen LogP contribution in [0.1, 0.15) is 5.56 Å². The Morgan fingerprint density at radius 2 is 2.12 bits per heavy atom. The van der Waals surface area contributed by atoms with Crippen molar-refractivity contribution in [2.45, 2.75) is 4.90 Å². The first kappa shape index (κ1) is 16.7. The van der Waals surface area contributed by atoms with Gasteiger partial charge in [0.15, 0.2) is 0 Å². The lowest BCUT2D eigenvalue weighted by atomic mass is 10.1. The van der Waals surface area contributed by atoms with Gasteiger partial charge in [0.25, 0.3) is 15.9 Å². The summed E-state index contributed by atoms with van der Waals surface area (Å²) >= 11 is 0. The van der Waals surface area contributed by atoms with E-state index in [0.29, 0.717) is 5.56 Å². The van der Waals surface area contributed by atoms with E-state index in [0.717, 1.165) is 21.2 Å². The SMILES string of the molecule is O=C(/C=C/c1ccn(S(=O)(=O)c2cccc(-c3cn[nH]c3)c2)c1)NO. The summed E-state index contributed by atoms with van der Waals surface area (Å²) in [6.07, 6.45) is 8.52. The number of benzene rings is 1. The van der Waals surface area contributed by atoms with Crippen LogP contribution in [-0.4, -0.2) is 33.7 Å². The van der Waals surface area contributed by atoms with Crippen LogP contribution in [0.15, 0.2) is 66.1 Å². The highest BCUT2D eigenvalue weighted by Crippen LogP contribution is 2.23. The van der Waals surface area contributed by atoms with Crippen molar-refractivity contribution in [3.63, 3.8) is 0 Å². The van der Waals surface area contributed by atoms with Gasteiger partial charge in [0, 0.05) is 30.2 Å². The van der Waals surface area contributed by atoms with Gasteiger partial charge in [-0.1, -0.05) is 12.1 Å². The van der Waals surface area contributed by atoms with E-state index in [1.165, 1.54) is 30.0 Å². The van der Waals surface area contributed by atoms with Crippen LogP contribution in [0.2, 0.25) is 0 Å². The topological polar surface area (TPSA) is 117 Å². The molecule has 25 heavy (non-hydrogen) atoms. The molecule has 1 aromatic carbocycles. The quantitative estimate of drug-likeness (QED) is 0.364. The second kappa shape index (κ2) is 6.75. The van der Waals surface area contributed by atoms with E-state index >= 15 is 0 Å². The summed E-state index contributed by atoms with van der Waals surface area (Å²) in [6, 6.07) is 8.06. The highest BCUT2D eigenvalue weighted by atomic mass is 32.2. The fraction of sp³-hybridized carbons (Fsp3) is 0. The Bertz CT molecular complexity index is 1020. The zero-order valence-corrected chi connectivity index (χ0v) is 13.6. The zero-order chi connectivity index (χ0) is 17.9. The van der Waals surface area contributed by atoms with Gasteiger partial charge < -0.3 is 0 Å². The number of carbonyl (C=O) groups is 1. The Hall–Kier alpha value is -3.17. The van der Waals surface area contributed by atoms with Gasteiger partial charge in [0.05, 0.1) is 11.1 Å². The van der Waals surface area contributed by atoms with E-state index in [1.807, 2.05) is 0 Å². The van der Waals surface area contributed by atoms with Crippen LogP contribution in [0, 0.1) is 0 Å². The first-order chi connectivity index (χ1) is 12.0. The number of aromatic nitrogens is 3. The van der Waals surface area contributed by atoms with Crippen LogP contribution in [0.25, 0.3) is 17.2 Å². The molecule has 3 N–H and O–H groups in total. The Kier molecular flexibility index (Phi) is 4.50. The number of carbonyl (C=O) groups excluding carboxylic acids is 1. The maximum Gasteiger partial charge on any atom is 0.267 e. The summed E-state index contributed by atoms with van der Waals surface area (Å²) in [7, 11) is -3.77. The molecule has 9 heteroatoms. The summed E-state index contributed by atoms with van der Waals surface area (Å²) in [5, 5.41) is 15.0. The van der Waals surface area contributed by atoms with E-state index < -0.39 is 15.9 Å². The molecule has 2 heterocycles. The molecular formula is C16H14N4O4S. The molecule has 0 saturated carbocycles. The van der Waals surface area contributed by atoms with Crippen LogP contribution in [0.4, 0.5) is 0 Å². The summed E-state index contributed by atoms with van der Waals surface area (Å²) in [6.45, 7) is 0. The summed E-state index contributed by atoms with van der Waals surface area (Å²) in [4.78, 5) is 11.1. The highest BCUT2D eigenvalue weighted by Gasteiger charge is 2.17. The maximum absolute atomic E-state index is 12.8. The molecular weight excluding hydrogens is 344 g/mol. The van der Waals surface area contributed by atoms with E-state index in [2.05, 4.69) is 10.2 Å². The Morgan fingerprint density at radius 3 is 2.84 bits per heavy atom. The molecule has 0 fully saturated rings. The minimum atomic E-state index is -3.77. The minimum absolute atomic E-state index is 0.130. The molecule has 3 aromatic rings. The van der Waals surface area contributed by atoms with E-state index in [1.54, 1.807) is 36.7 Å². The van der Waals surface area contributed by atoms with Crippen molar-refractivity contribution in [3.05, 3.63) is 66.8 Å². The van der Waals surface area contributed by atoms with Crippen molar-refractivity contribution in [1.82, 2.24) is 19.6 Å². The maximum atomic E-state index is 12.8. The number of hydrogen-bond acceptors (Lipinski definition) is 5. The van der Waals surface area contributed by atoms with Crippen molar-refractivity contribution in [1.29, 1.82) is 0 Å². The average Bonchev–Trinajstić information content (AvgIpc) is 3.31. The number of hydrogen-bond donors (Lipinski definition) is 3. The molecule has 3 rings (SSSR count). The molecule has 0 atom stereocenters. The third-order valence-corrected chi connectivity index (χ3v) is 5.10. The molecule has 1 amide bonds. The predicted octanol–water partition coefficient (Wildman–Crippen LogP) is 1.63. The number of nitrogens with one attached hydrogen (secondary N) is 2. The molecule has 128 valence electrons. The Labute approximate surface area is 143 Å². The summed E-state index contributed by atoms with van der Waals surface area (Å²) in [5.41, 5.74) is 3.46. The molecule has 0 bridgehead atoms. The monoisotopic (exact) mass is 358 g/mol. The summed E-state index contributed by atoms with van der Waals surface area (Å²) in [5.74, 6) is -0.705. The zero-order valence-electron chi connectivity index (χ0n) is 12.8. The predicted molar refractivity (Wildman–Crippen MR) is 90.0 cm³/mol. The molecule has 2 aromatic heterocycles. The van der Waals surface area contributed by atoms with Crippen molar-refractivity contribution >= 4 is 22.0 Å². The molecule has 0 aliphatic heterocycles. The second-order valence-electron chi connectivity index (χ2n) is 5.10. The number of H-pyrrole nitrogens is 1. The van der Waals surface area contributed by atoms with Gasteiger partial charge in [-0.3, -0.25) is 15.1 Å². The van der Waals surface area contributed by atoms with Crippen molar-refractivity contribution < 1.29 is 18.4 Å². The van der Waals surface area contributed by atoms with E-state index in [9.17, 15) is 13.2 Å². The first-order valence-corrected chi connectivity index (χ1v) is 8.59. The number of hydroxylamine groups is 1. The van der Waals surface area contributed by atoms with Gasteiger partial charge in [-0.25, -0.2) is 17.9 Å². The van der Waals surface area contributed by atoms with Gasteiger partial charge in [0.2, 0.25) is 0 Å². The van der Waals surface area contributed by atoms with Crippen molar-refractivity contribution in [3.8, 4) is 11.1 Å². The van der Waals surface area contributed by atoms with Crippen molar-refractivity contribution in [2.24, 2.45) is 0 Å². The fourth-order valence-corrected chi connectivity index (χ4v) is 3.47. The van der Waals surface area contributed by atoms with Crippen LogP contribution < -0.4 is 5.48 Å². The second-order valence-corrected chi connectivity index (χ2v) is 6.95. The van der Waals surface area contributed by atoms with Crippen LogP contribution >= 0.6 is 0 Å². The molecule has 0 aliphatic carbocycles. The largest absolute Gasteiger partial charge is 0.288 e. The Morgan fingerprint density at radius 1 is 1.28 bits per heavy atom. The van der Waals surface area contributed by atoms with Crippen LogP contribution in [0.3, 0.4) is 0 Å². The molecule has 0 spiro atoms. The Balaban J connectivity index is 1.92. The van der Waals surface area contributed by atoms with Gasteiger partial charge in [-0.2, -0.15) is 5.10 Å². The van der Waals surface area contributed by atoms with E-state index in [-0.39, 0.29) is 4.90 Å². The smallest absolute Gasteiger partial charge is 0.267 e. The summed E-state index contributed by atoms with van der Waals surface area (Å²) < 4.78 is 26.6. The lowest BCUT2D eigenvalue weighted by Gasteiger charge is -2.07. The number of amides is 1. The van der Waals surface area contributed by atoms with Crippen molar-refractivity contribution in [2.75, 3.05) is 0 Å².